The Hall–Kier alpha value is -0.656. The fourth-order valence-electron chi connectivity index (χ4n) is 1.84. The van der Waals surface area contributed by atoms with Crippen molar-refractivity contribution in [1.82, 2.24) is 4.58 Å². The summed E-state index contributed by atoms with van der Waals surface area (Å²) in [6, 6.07) is 22.2. The van der Waals surface area contributed by atoms with Crippen LogP contribution < -0.4 is 9.93 Å². The van der Waals surface area contributed by atoms with E-state index in [4.69, 9.17) is 0 Å². The minimum atomic E-state index is 0. The summed E-state index contributed by atoms with van der Waals surface area (Å²) in [6.45, 7) is 4.38. The van der Waals surface area contributed by atoms with Crippen molar-refractivity contribution in [1.29, 1.82) is 0 Å². The van der Waals surface area contributed by atoms with Gasteiger partial charge in [0.05, 0.1) is 11.0 Å². The van der Waals surface area contributed by atoms with E-state index in [1.165, 1.54) is 5.36 Å². The van der Waals surface area contributed by atoms with Crippen molar-refractivity contribution in [3.63, 3.8) is 0 Å². The second-order valence-electron chi connectivity index (χ2n) is 4.05. The van der Waals surface area contributed by atoms with Gasteiger partial charge in [0.2, 0.25) is 0 Å². The van der Waals surface area contributed by atoms with Crippen molar-refractivity contribution < 1.29 is 32.7 Å². The number of para-hydroxylation sites is 2. The topological polar surface area (TPSA) is 3.01 Å². The summed E-state index contributed by atoms with van der Waals surface area (Å²) in [5.74, 6) is 0. The molecule has 1 nitrogen and oxygen atoms in total. The van der Waals surface area contributed by atoms with Crippen LogP contribution in [0.1, 0.15) is 13.8 Å². The van der Waals surface area contributed by atoms with Crippen molar-refractivity contribution >= 4 is 5.69 Å². The molecule has 2 aromatic rings. The summed E-state index contributed by atoms with van der Waals surface area (Å²) >= 11 is 0. The fraction of sp³-hybridized carbons (Fsp3) is 0.200. The van der Waals surface area contributed by atoms with Crippen LogP contribution in [0.5, 0.6) is 0 Å². The van der Waals surface area contributed by atoms with Crippen molar-refractivity contribution in [3.05, 3.63) is 66.0 Å². The first-order chi connectivity index (χ1) is 7.79. The molecule has 0 aromatic heterocycles. The van der Waals surface area contributed by atoms with Gasteiger partial charge in [0.1, 0.15) is 6.04 Å². The Labute approximate surface area is 128 Å². The van der Waals surface area contributed by atoms with Crippen LogP contribution in [0.2, 0.25) is 0 Å². The van der Waals surface area contributed by atoms with Gasteiger partial charge < -0.3 is 0 Å². The molecule has 0 unspecified atom stereocenters. The van der Waals surface area contributed by atoms with Crippen LogP contribution in [0.4, 0.5) is 5.69 Å². The Morgan fingerprint density at radius 1 is 1.12 bits per heavy atom. The molecule has 0 heterocycles. The number of hydrogen-bond donors (Lipinski definition) is 0. The van der Waals surface area contributed by atoms with Crippen molar-refractivity contribution in [3.8, 4) is 0 Å². The first kappa shape index (κ1) is 14.4. The van der Waals surface area contributed by atoms with Crippen molar-refractivity contribution in [2.75, 3.05) is 0 Å². The van der Waals surface area contributed by atoms with E-state index < -0.39 is 0 Å². The van der Waals surface area contributed by atoms with Gasteiger partial charge in [-0.2, -0.15) is 36.4 Å². The van der Waals surface area contributed by atoms with Gasteiger partial charge in [-0.3, -0.25) is 0 Å². The number of nitrogens with zero attached hydrogens (tertiary/aromatic N) is 1. The summed E-state index contributed by atoms with van der Waals surface area (Å²) in [5, 5.41) is 1.21. The summed E-state index contributed by atoms with van der Waals surface area (Å²) in [4.78, 5) is 0. The van der Waals surface area contributed by atoms with E-state index in [-0.39, 0.29) is 32.7 Å². The van der Waals surface area contributed by atoms with Crippen molar-refractivity contribution in [2.45, 2.75) is 19.9 Å². The third kappa shape index (κ3) is 3.65. The maximum Gasteiger partial charge on any atom is 0.149 e. The van der Waals surface area contributed by atoms with Crippen LogP contribution in [0.25, 0.3) is 0 Å². The molecule has 0 N–H and O–H groups in total. The van der Waals surface area contributed by atoms with E-state index in [1.54, 1.807) is 0 Å². The molecule has 0 atom stereocenters. The normalized spacial score (nSPS) is 9.82. The molecule has 2 heteroatoms. The Kier molecular flexibility index (Phi) is 5.87. The standard InChI is InChI=1S/C15H16N.Y/c1-13(2)16(14-9-5-3-6-10-14)15-11-7-4-8-12-15;/h3-11,13H,1-2H3;/q-1;. The van der Waals surface area contributed by atoms with Crippen molar-refractivity contribution in [2.24, 2.45) is 0 Å². The zero-order valence-electron chi connectivity index (χ0n) is 10.3. The Bertz CT molecular complexity index is 494. The molecule has 2 aromatic carbocycles. The average Bonchev–Trinajstić information content (AvgIpc) is 2.31. The Balaban J connectivity index is 0.00000144. The van der Waals surface area contributed by atoms with E-state index in [2.05, 4.69) is 54.8 Å². The van der Waals surface area contributed by atoms with Gasteiger partial charge in [0, 0.05) is 32.7 Å². The van der Waals surface area contributed by atoms with Gasteiger partial charge >= 0.3 is 0 Å². The molecular formula is C15H16NY-. The molecule has 0 aliphatic carbocycles. The Morgan fingerprint density at radius 3 is 2.41 bits per heavy atom. The third-order valence-corrected chi connectivity index (χ3v) is 2.50. The van der Waals surface area contributed by atoms with E-state index in [0.29, 0.717) is 6.04 Å². The molecule has 0 bridgehead atoms. The summed E-state index contributed by atoms with van der Waals surface area (Å²) in [7, 11) is 0. The van der Waals surface area contributed by atoms with Crippen LogP contribution in [0, 0.1) is 6.07 Å². The number of benzene rings is 2. The second kappa shape index (κ2) is 6.93. The van der Waals surface area contributed by atoms with E-state index in [1.807, 2.05) is 24.3 Å². The van der Waals surface area contributed by atoms with Gasteiger partial charge in [-0.1, -0.05) is 0 Å². The molecule has 1 radical (unpaired) electrons. The van der Waals surface area contributed by atoms with Gasteiger partial charge in [-0.05, 0) is 13.8 Å². The molecule has 0 spiro atoms. The summed E-state index contributed by atoms with van der Waals surface area (Å²) in [5.41, 5.74) is 1.11. The molecule has 0 saturated carbocycles. The SMILES string of the molecule is CC(C)[N+](c1[c-]cccc1)=c1cccc[cH-]1.[Y]. The quantitative estimate of drug-likeness (QED) is 0.592. The largest absolute Gasteiger partial charge is 0.235 e. The molecular weight excluding hydrogens is 283 g/mol. The maximum atomic E-state index is 3.27. The first-order valence-corrected chi connectivity index (χ1v) is 5.60. The minimum Gasteiger partial charge on any atom is -0.235 e. The molecule has 0 amide bonds. The van der Waals surface area contributed by atoms with Crippen LogP contribution in [-0.4, -0.2) is 6.04 Å². The van der Waals surface area contributed by atoms with Crippen LogP contribution in [0.3, 0.4) is 0 Å². The van der Waals surface area contributed by atoms with E-state index >= 15 is 0 Å². The zero-order chi connectivity index (χ0) is 11.4. The molecule has 17 heavy (non-hydrogen) atoms. The van der Waals surface area contributed by atoms with Crippen LogP contribution >= 0.6 is 0 Å². The average molecular weight is 299 g/mol. The predicted molar refractivity (Wildman–Crippen MR) is 67.4 cm³/mol. The predicted octanol–water partition coefficient (Wildman–Crippen LogP) is 2.72. The van der Waals surface area contributed by atoms with E-state index in [0.717, 1.165) is 5.69 Å². The molecule has 0 aliphatic heterocycles. The third-order valence-electron chi connectivity index (χ3n) is 2.50. The molecule has 0 aliphatic rings. The second-order valence-corrected chi connectivity index (χ2v) is 4.05. The molecule has 0 saturated heterocycles. The minimum absolute atomic E-state index is 0. The van der Waals surface area contributed by atoms with Gasteiger partial charge in [-0.25, -0.2) is 4.58 Å². The number of rotatable bonds is 2. The van der Waals surface area contributed by atoms with Crippen LogP contribution in [-0.2, 0) is 32.7 Å². The zero-order valence-corrected chi connectivity index (χ0v) is 13.1. The fourth-order valence-corrected chi connectivity index (χ4v) is 1.84. The maximum absolute atomic E-state index is 3.27. The summed E-state index contributed by atoms with van der Waals surface area (Å²) in [6.07, 6.45) is 0. The first-order valence-electron chi connectivity index (χ1n) is 5.60. The molecule has 0 fully saturated rings. The molecule has 85 valence electrons. The van der Waals surface area contributed by atoms with Gasteiger partial charge in [0.15, 0.2) is 0 Å². The number of hydrogen-bond acceptors (Lipinski definition) is 0. The van der Waals surface area contributed by atoms with E-state index in [9.17, 15) is 0 Å². The van der Waals surface area contributed by atoms with Gasteiger partial charge in [-0.15, -0.1) is 24.3 Å². The molecule has 2 rings (SSSR count). The monoisotopic (exact) mass is 299 g/mol. The summed E-state index contributed by atoms with van der Waals surface area (Å²) < 4.78 is 2.28. The van der Waals surface area contributed by atoms with Gasteiger partial charge in [0.25, 0.3) is 0 Å². The van der Waals surface area contributed by atoms with Crippen LogP contribution in [0.15, 0.2) is 54.6 Å². The smallest absolute Gasteiger partial charge is 0.149 e. The Morgan fingerprint density at radius 2 is 1.88 bits per heavy atom.